The van der Waals surface area contributed by atoms with E-state index >= 15 is 0 Å². The number of aryl methyl sites for hydroxylation is 1. The van der Waals surface area contributed by atoms with Gasteiger partial charge in [0.1, 0.15) is 0 Å². The van der Waals surface area contributed by atoms with Gasteiger partial charge >= 0.3 is 0 Å². The van der Waals surface area contributed by atoms with E-state index in [0.717, 1.165) is 40.2 Å². The van der Waals surface area contributed by atoms with Crippen molar-refractivity contribution in [2.45, 2.75) is 19.8 Å². The summed E-state index contributed by atoms with van der Waals surface area (Å²) in [6, 6.07) is 24.3. The lowest BCUT2D eigenvalue weighted by Crippen LogP contribution is -2.19. The van der Waals surface area contributed by atoms with Crippen molar-refractivity contribution in [1.29, 1.82) is 0 Å². The average Bonchev–Trinajstić information content (AvgIpc) is 2.63. The van der Waals surface area contributed by atoms with E-state index in [1.54, 1.807) is 0 Å². The lowest BCUT2D eigenvalue weighted by Gasteiger charge is -2.14. The maximum Gasteiger partial charge on any atom is 0.263 e. The molecule has 118 valence electrons. The minimum absolute atomic E-state index is 0.0398. The molecule has 0 aliphatic carbocycles. The molecule has 1 aromatic heterocycles. The highest BCUT2D eigenvalue weighted by Gasteiger charge is 2.11. The van der Waals surface area contributed by atoms with Crippen LogP contribution in [0.1, 0.15) is 18.9 Å². The maximum absolute atomic E-state index is 13.2. The van der Waals surface area contributed by atoms with E-state index in [1.807, 2.05) is 59.2 Å². The number of hydrogen-bond donors (Lipinski definition) is 0. The van der Waals surface area contributed by atoms with Crippen molar-refractivity contribution in [3.05, 3.63) is 88.7 Å². The number of benzene rings is 3. The van der Waals surface area contributed by atoms with Gasteiger partial charge in [-0.1, -0.05) is 61.9 Å². The van der Waals surface area contributed by atoms with E-state index in [2.05, 4.69) is 25.1 Å². The fraction of sp³-hybridized carbons (Fsp3) is 0.136. The minimum atomic E-state index is 0.0398. The Morgan fingerprint density at radius 1 is 0.792 bits per heavy atom. The largest absolute Gasteiger partial charge is 0.276 e. The van der Waals surface area contributed by atoms with Crippen LogP contribution in [-0.2, 0) is 6.42 Å². The first kappa shape index (κ1) is 14.7. The topological polar surface area (TPSA) is 22.0 Å². The standard InChI is InChI=1S/C22H19NO/c1-2-8-16-9-7-10-17(15-16)23-21-14-6-5-12-19(21)18-11-3-4-13-20(18)22(23)24/h3-7,9-15H,2,8H2,1H3. The smallest absolute Gasteiger partial charge is 0.263 e. The van der Waals surface area contributed by atoms with Gasteiger partial charge in [-0.15, -0.1) is 0 Å². The second kappa shape index (κ2) is 5.97. The van der Waals surface area contributed by atoms with E-state index in [4.69, 9.17) is 0 Å². The lowest BCUT2D eigenvalue weighted by atomic mass is 10.0. The number of pyridine rings is 1. The molecule has 0 radical (unpaired) electrons. The van der Waals surface area contributed by atoms with Crippen molar-refractivity contribution in [3.63, 3.8) is 0 Å². The Hall–Kier alpha value is -2.87. The van der Waals surface area contributed by atoms with Gasteiger partial charge in [-0.25, -0.2) is 0 Å². The van der Waals surface area contributed by atoms with Gasteiger partial charge in [0, 0.05) is 16.5 Å². The zero-order valence-electron chi connectivity index (χ0n) is 13.7. The predicted molar refractivity (Wildman–Crippen MR) is 101 cm³/mol. The minimum Gasteiger partial charge on any atom is -0.276 e. The number of para-hydroxylation sites is 1. The predicted octanol–water partition coefficient (Wildman–Crippen LogP) is 5.10. The summed E-state index contributed by atoms with van der Waals surface area (Å²) in [6.45, 7) is 2.17. The molecule has 2 heteroatoms. The van der Waals surface area contributed by atoms with Gasteiger partial charge in [-0.2, -0.15) is 0 Å². The van der Waals surface area contributed by atoms with Gasteiger partial charge in [0.15, 0.2) is 0 Å². The monoisotopic (exact) mass is 313 g/mol. The van der Waals surface area contributed by atoms with E-state index in [1.165, 1.54) is 5.56 Å². The second-order valence-electron chi connectivity index (χ2n) is 6.12. The van der Waals surface area contributed by atoms with Crippen molar-refractivity contribution in [2.75, 3.05) is 0 Å². The van der Waals surface area contributed by atoms with Crippen LogP contribution >= 0.6 is 0 Å². The molecule has 0 aliphatic rings. The van der Waals surface area contributed by atoms with Crippen molar-refractivity contribution in [2.24, 2.45) is 0 Å². The van der Waals surface area contributed by atoms with Crippen LogP contribution in [0.3, 0.4) is 0 Å². The van der Waals surface area contributed by atoms with Gasteiger partial charge in [0.05, 0.1) is 5.52 Å². The quantitative estimate of drug-likeness (QED) is 0.482. The fourth-order valence-electron chi connectivity index (χ4n) is 3.43. The zero-order chi connectivity index (χ0) is 16.5. The third kappa shape index (κ3) is 2.31. The normalized spacial score (nSPS) is 11.2. The summed E-state index contributed by atoms with van der Waals surface area (Å²) in [5, 5.41) is 2.88. The first-order valence-corrected chi connectivity index (χ1v) is 8.41. The van der Waals surface area contributed by atoms with Crippen molar-refractivity contribution >= 4 is 21.7 Å². The Morgan fingerprint density at radius 2 is 1.50 bits per heavy atom. The molecule has 3 aromatic carbocycles. The summed E-state index contributed by atoms with van der Waals surface area (Å²) < 4.78 is 1.84. The number of rotatable bonds is 3. The van der Waals surface area contributed by atoms with Crippen LogP contribution in [0.2, 0.25) is 0 Å². The third-order valence-electron chi connectivity index (χ3n) is 4.50. The summed E-state index contributed by atoms with van der Waals surface area (Å²) in [5.41, 5.74) is 3.19. The Balaban J connectivity index is 2.12. The molecular formula is C22H19NO. The number of hydrogen-bond acceptors (Lipinski definition) is 1. The Morgan fingerprint density at radius 3 is 2.29 bits per heavy atom. The van der Waals surface area contributed by atoms with E-state index < -0.39 is 0 Å². The number of fused-ring (bicyclic) bond motifs is 3. The van der Waals surface area contributed by atoms with Crippen LogP contribution < -0.4 is 5.56 Å². The van der Waals surface area contributed by atoms with Crippen molar-refractivity contribution < 1.29 is 0 Å². The molecule has 0 N–H and O–H groups in total. The lowest BCUT2D eigenvalue weighted by molar-refractivity contribution is 0.917. The van der Waals surface area contributed by atoms with Crippen LogP contribution in [-0.4, -0.2) is 4.57 Å². The Labute approximate surface area is 141 Å². The summed E-state index contributed by atoms with van der Waals surface area (Å²) in [5.74, 6) is 0. The molecule has 0 saturated heterocycles. The zero-order valence-corrected chi connectivity index (χ0v) is 13.7. The van der Waals surface area contributed by atoms with Crippen LogP contribution in [0.5, 0.6) is 0 Å². The molecule has 0 amide bonds. The average molecular weight is 313 g/mol. The highest BCUT2D eigenvalue weighted by atomic mass is 16.1. The van der Waals surface area contributed by atoms with Crippen LogP contribution in [0.4, 0.5) is 0 Å². The molecule has 0 atom stereocenters. The fourth-order valence-corrected chi connectivity index (χ4v) is 3.43. The van der Waals surface area contributed by atoms with Gasteiger partial charge in [0.2, 0.25) is 0 Å². The van der Waals surface area contributed by atoms with E-state index in [9.17, 15) is 4.79 Å². The van der Waals surface area contributed by atoms with Gasteiger partial charge < -0.3 is 0 Å². The molecule has 0 unspecified atom stereocenters. The van der Waals surface area contributed by atoms with Gasteiger partial charge in [0.25, 0.3) is 5.56 Å². The molecule has 4 rings (SSSR count). The van der Waals surface area contributed by atoms with Crippen LogP contribution in [0, 0.1) is 0 Å². The molecule has 0 bridgehead atoms. The van der Waals surface area contributed by atoms with Crippen LogP contribution in [0.25, 0.3) is 27.4 Å². The SMILES string of the molecule is CCCc1cccc(-n2c(=O)c3ccccc3c3ccccc32)c1. The summed E-state index contributed by atoms with van der Waals surface area (Å²) in [7, 11) is 0. The summed E-state index contributed by atoms with van der Waals surface area (Å²) in [4.78, 5) is 13.2. The molecule has 0 spiro atoms. The number of nitrogens with zero attached hydrogens (tertiary/aromatic N) is 1. The van der Waals surface area contributed by atoms with Gasteiger partial charge in [-0.05, 0) is 41.6 Å². The molecule has 0 aliphatic heterocycles. The summed E-state index contributed by atoms with van der Waals surface area (Å²) >= 11 is 0. The molecule has 0 saturated carbocycles. The summed E-state index contributed by atoms with van der Waals surface area (Å²) in [6.07, 6.45) is 2.12. The van der Waals surface area contributed by atoms with Gasteiger partial charge in [-0.3, -0.25) is 9.36 Å². The highest BCUT2D eigenvalue weighted by molar-refractivity contribution is 6.06. The molecular weight excluding hydrogens is 294 g/mol. The Bertz CT molecular complexity index is 1090. The van der Waals surface area contributed by atoms with E-state index in [-0.39, 0.29) is 5.56 Å². The Kier molecular flexibility index (Phi) is 3.66. The maximum atomic E-state index is 13.2. The first-order valence-electron chi connectivity index (χ1n) is 8.41. The molecule has 0 fully saturated rings. The van der Waals surface area contributed by atoms with E-state index in [0.29, 0.717) is 0 Å². The molecule has 24 heavy (non-hydrogen) atoms. The molecule has 1 heterocycles. The van der Waals surface area contributed by atoms with Crippen molar-refractivity contribution in [1.82, 2.24) is 4.57 Å². The molecule has 2 nitrogen and oxygen atoms in total. The number of aromatic nitrogens is 1. The van der Waals surface area contributed by atoms with Crippen LogP contribution in [0.15, 0.2) is 77.6 Å². The highest BCUT2D eigenvalue weighted by Crippen LogP contribution is 2.25. The second-order valence-corrected chi connectivity index (χ2v) is 6.12. The molecule has 4 aromatic rings. The first-order chi connectivity index (χ1) is 11.8. The third-order valence-corrected chi connectivity index (χ3v) is 4.50. The van der Waals surface area contributed by atoms with Crippen molar-refractivity contribution in [3.8, 4) is 5.69 Å².